The molecule has 1 amide bonds. The first kappa shape index (κ1) is 19.8. The van der Waals surface area contributed by atoms with Crippen LogP contribution in [0.4, 0.5) is 10.1 Å². The van der Waals surface area contributed by atoms with Crippen molar-refractivity contribution in [2.75, 3.05) is 18.4 Å². The lowest BCUT2D eigenvalue weighted by atomic mass is 10.1. The van der Waals surface area contributed by atoms with Crippen molar-refractivity contribution in [1.82, 2.24) is 4.31 Å². The molecule has 5 nitrogen and oxygen atoms in total. The Kier molecular flexibility index (Phi) is 6.14. The van der Waals surface area contributed by atoms with Crippen molar-refractivity contribution in [3.63, 3.8) is 0 Å². The summed E-state index contributed by atoms with van der Waals surface area (Å²) >= 11 is 5.90. The fraction of sp³-hybridized carbons (Fsp3) is 0.316. The van der Waals surface area contributed by atoms with Gasteiger partial charge in [0.15, 0.2) is 0 Å². The summed E-state index contributed by atoms with van der Waals surface area (Å²) < 4.78 is 39.8. The minimum atomic E-state index is -3.49. The molecule has 1 N–H and O–H groups in total. The van der Waals surface area contributed by atoms with Gasteiger partial charge in [0.1, 0.15) is 5.82 Å². The van der Waals surface area contributed by atoms with E-state index in [2.05, 4.69) is 5.32 Å². The van der Waals surface area contributed by atoms with E-state index in [1.54, 1.807) is 12.1 Å². The zero-order valence-electron chi connectivity index (χ0n) is 14.6. The molecule has 0 spiro atoms. The number of rotatable bonds is 5. The van der Waals surface area contributed by atoms with Gasteiger partial charge in [-0.1, -0.05) is 30.2 Å². The average Bonchev–Trinajstić information content (AvgIpc) is 2.65. The molecule has 1 heterocycles. The van der Waals surface area contributed by atoms with Gasteiger partial charge in [-0.15, -0.1) is 0 Å². The van der Waals surface area contributed by atoms with Crippen molar-refractivity contribution in [3.8, 4) is 0 Å². The maximum Gasteiger partial charge on any atom is 0.243 e. The molecule has 1 saturated heterocycles. The number of benzene rings is 2. The van der Waals surface area contributed by atoms with Gasteiger partial charge in [-0.2, -0.15) is 4.31 Å². The van der Waals surface area contributed by atoms with Crippen LogP contribution in [0.15, 0.2) is 47.4 Å². The lowest BCUT2D eigenvalue weighted by Gasteiger charge is -2.25. The van der Waals surface area contributed by atoms with Crippen LogP contribution in [-0.4, -0.2) is 31.7 Å². The summed E-state index contributed by atoms with van der Waals surface area (Å²) in [7, 11) is -3.49. The van der Waals surface area contributed by atoms with E-state index in [0.717, 1.165) is 25.3 Å². The van der Waals surface area contributed by atoms with Crippen molar-refractivity contribution in [2.24, 2.45) is 0 Å². The molecule has 0 saturated carbocycles. The highest BCUT2D eigenvalue weighted by molar-refractivity contribution is 7.89. The predicted molar refractivity (Wildman–Crippen MR) is 103 cm³/mol. The Morgan fingerprint density at radius 2 is 1.74 bits per heavy atom. The molecule has 1 aliphatic rings. The van der Waals surface area contributed by atoms with Gasteiger partial charge in [0.25, 0.3) is 0 Å². The Balaban J connectivity index is 1.65. The van der Waals surface area contributed by atoms with Gasteiger partial charge in [0.2, 0.25) is 15.9 Å². The second-order valence-corrected chi connectivity index (χ2v) is 8.80. The molecule has 27 heavy (non-hydrogen) atoms. The van der Waals surface area contributed by atoms with E-state index < -0.39 is 15.8 Å². The van der Waals surface area contributed by atoms with Gasteiger partial charge >= 0.3 is 0 Å². The first-order valence-electron chi connectivity index (χ1n) is 8.70. The van der Waals surface area contributed by atoms with E-state index in [1.165, 1.54) is 28.6 Å². The molecule has 8 heteroatoms. The molecule has 3 rings (SSSR count). The highest BCUT2D eigenvalue weighted by Gasteiger charge is 2.25. The molecule has 0 bridgehead atoms. The minimum absolute atomic E-state index is 0.0533. The molecule has 0 atom stereocenters. The molecule has 2 aromatic rings. The number of hydrogen-bond acceptors (Lipinski definition) is 3. The minimum Gasteiger partial charge on any atom is -0.324 e. The fourth-order valence-corrected chi connectivity index (χ4v) is 4.74. The summed E-state index contributed by atoms with van der Waals surface area (Å²) in [6.07, 6.45) is 2.86. The van der Waals surface area contributed by atoms with Crippen LogP contribution in [0.1, 0.15) is 24.8 Å². The van der Waals surface area contributed by atoms with Crippen molar-refractivity contribution in [3.05, 3.63) is 58.9 Å². The first-order chi connectivity index (χ1) is 12.9. The van der Waals surface area contributed by atoms with Crippen molar-refractivity contribution in [1.29, 1.82) is 0 Å². The van der Waals surface area contributed by atoms with Gasteiger partial charge in [-0.25, -0.2) is 12.8 Å². The fourth-order valence-electron chi connectivity index (χ4n) is 3.00. The zero-order valence-corrected chi connectivity index (χ0v) is 16.2. The van der Waals surface area contributed by atoms with Gasteiger partial charge in [0, 0.05) is 13.1 Å². The van der Waals surface area contributed by atoms with E-state index in [1.807, 2.05) is 0 Å². The number of anilines is 1. The van der Waals surface area contributed by atoms with Crippen LogP contribution in [0.5, 0.6) is 0 Å². The molecule has 0 unspecified atom stereocenters. The van der Waals surface area contributed by atoms with Gasteiger partial charge in [-0.3, -0.25) is 4.79 Å². The van der Waals surface area contributed by atoms with Gasteiger partial charge in [0.05, 0.1) is 22.0 Å². The van der Waals surface area contributed by atoms with Crippen LogP contribution in [0.3, 0.4) is 0 Å². The largest absolute Gasteiger partial charge is 0.324 e. The number of sulfonamides is 1. The van der Waals surface area contributed by atoms with E-state index in [9.17, 15) is 17.6 Å². The number of nitrogens with one attached hydrogen (secondary N) is 1. The summed E-state index contributed by atoms with van der Waals surface area (Å²) in [5.74, 6) is -0.807. The van der Waals surface area contributed by atoms with Crippen molar-refractivity contribution >= 4 is 33.2 Å². The number of carbonyl (C=O) groups is 1. The third-order valence-corrected chi connectivity index (χ3v) is 6.67. The molecular formula is C19H20ClFN2O3S. The number of amides is 1. The van der Waals surface area contributed by atoms with Crippen LogP contribution in [0, 0.1) is 5.82 Å². The lowest BCUT2D eigenvalue weighted by Crippen LogP contribution is -2.35. The monoisotopic (exact) mass is 410 g/mol. The SMILES string of the molecule is O=C(Cc1ccc(S(=O)(=O)N2CCCCC2)cc1)Nc1ccc(F)cc1Cl. The Labute approximate surface area is 163 Å². The number of hydrogen-bond donors (Lipinski definition) is 1. The second-order valence-electron chi connectivity index (χ2n) is 6.46. The normalized spacial score (nSPS) is 15.5. The molecule has 1 fully saturated rings. The first-order valence-corrected chi connectivity index (χ1v) is 10.5. The number of halogens is 2. The summed E-state index contributed by atoms with van der Waals surface area (Å²) in [5, 5.41) is 2.74. The Morgan fingerprint density at radius 3 is 2.37 bits per heavy atom. The summed E-state index contributed by atoms with van der Waals surface area (Å²) in [6.45, 7) is 1.09. The molecule has 1 aliphatic heterocycles. The smallest absolute Gasteiger partial charge is 0.243 e. The maximum absolute atomic E-state index is 13.1. The third kappa shape index (κ3) is 4.86. The number of nitrogens with zero attached hydrogens (tertiary/aromatic N) is 1. The molecule has 0 radical (unpaired) electrons. The third-order valence-electron chi connectivity index (χ3n) is 4.45. The van der Waals surface area contributed by atoms with Crippen LogP contribution in [0.25, 0.3) is 0 Å². The molecular weight excluding hydrogens is 391 g/mol. The summed E-state index contributed by atoms with van der Waals surface area (Å²) in [5.41, 5.74) is 0.996. The number of carbonyl (C=O) groups excluding carboxylic acids is 1. The van der Waals surface area contributed by atoms with Crippen LogP contribution < -0.4 is 5.32 Å². The summed E-state index contributed by atoms with van der Waals surface area (Å²) in [4.78, 5) is 12.4. The number of piperidine rings is 1. The van der Waals surface area contributed by atoms with Crippen molar-refractivity contribution in [2.45, 2.75) is 30.6 Å². The van der Waals surface area contributed by atoms with Crippen LogP contribution in [0.2, 0.25) is 5.02 Å². The maximum atomic E-state index is 13.1. The highest BCUT2D eigenvalue weighted by Crippen LogP contribution is 2.23. The van der Waals surface area contributed by atoms with Crippen LogP contribution >= 0.6 is 11.6 Å². The van der Waals surface area contributed by atoms with Gasteiger partial charge < -0.3 is 5.32 Å². The Bertz CT molecular complexity index is 926. The standard InChI is InChI=1S/C19H20ClFN2O3S/c20-17-13-15(21)6-9-18(17)22-19(24)12-14-4-7-16(8-5-14)27(25,26)23-10-2-1-3-11-23/h4-9,13H,1-3,10-12H2,(H,22,24). The zero-order chi connectivity index (χ0) is 19.4. The van der Waals surface area contributed by atoms with E-state index in [-0.39, 0.29) is 22.2 Å². The molecule has 0 aromatic heterocycles. The average molecular weight is 411 g/mol. The van der Waals surface area contributed by atoms with Crippen LogP contribution in [-0.2, 0) is 21.2 Å². The Hall–Kier alpha value is -1.96. The van der Waals surface area contributed by atoms with E-state index in [0.29, 0.717) is 24.3 Å². The molecule has 2 aromatic carbocycles. The second kappa shape index (κ2) is 8.37. The van der Waals surface area contributed by atoms with E-state index in [4.69, 9.17) is 11.6 Å². The highest BCUT2D eigenvalue weighted by atomic mass is 35.5. The quantitative estimate of drug-likeness (QED) is 0.814. The molecule has 144 valence electrons. The van der Waals surface area contributed by atoms with Crippen molar-refractivity contribution < 1.29 is 17.6 Å². The van der Waals surface area contributed by atoms with E-state index >= 15 is 0 Å². The lowest BCUT2D eigenvalue weighted by molar-refractivity contribution is -0.115. The predicted octanol–water partition coefficient (Wildman–Crippen LogP) is 3.83. The molecule has 0 aliphatic carbocycles. The van der Waals surface area contributed by atoms with Gasteiger partial charge in [-0.05, 0) is 48.7 Å². The summed E-state index contributed by atoms with van der Waals surface area (Å²) in [6, 6.07) is 10.0. The Morgan fingerprint density at radius 1 is 1.07 bits per heavy atom. The topological polar surface area (TPSA) is 66.5 Å².